The van der Waals surface area contributed by atoms with Crippen LogP contribution in [0.3, 0.4) is 0 Å². The second kappa shape index (κ2) is 10.9. The van der Waals surface area contributed by atoms with Crippen molar-refractivity contribution in [1.29, 1.82) is 5.41 Å². The summed E-state index contributed by atoms with van der Waals surface area (Å²) in [6.07, 6.45) is 5.60. The van der Waals surface area contributed by atoms with Crippen molar-refractivity contribution in [2.45, 2.75) is 46.0 Å². The highest BCUT2D eigenvalue weighted by atomic mass is 16.4. The zero-order valence-corrected chi connectivity index (χ0v) is 8.47. The van der Waals surface area contributed by atoms with Gasteiger partial charge in [0.1, 0.15) is 0 Å². The number of aliphatic carboxylic acids is 1. The predicted molar refractivity (Wildman–Crippen MR) is 54.0 cm³/mol. The van der Waals surface area contributed by atoms with Gasteiger partial charge in [0.2, 0.25) is 0 Å². The number of nitrogens with two attached hydrogens (primary N) is 1. The smallest absolute Gasteiger partial charge is 0.300 e. The van der Waals surface area contributed by atoms with Crippen LogP contribution in [0.15, 0.2) is 0 Å². The summed E-state index contributed by atoms with van der Waals surface area (Å²) < 4.78 is 0. The van der Waals surface area contributed by atoms with Crippen LogP contribution < -0.4 is 5.73 Å². The van der Waals surface area contributed by atoms with Gasteiger partial charge >= 0.3 is 0 Å². The lowest BCUT2D eigenvalue weighted by Crippen LogP contribution is -2.08. The van der Waals surface area contributed by atoms with E-state index < -0.39 is 5.97 Å². The summed E-state index contributed by atoms with van der Waals surface area (Å²) in [6.45, 7) is 3.26. The van der Waals surface area contributed by atoms with Crippen molar-refractivity contribution in [1.82, 2.24) is 0 Å². The Morgan fingerprint density at radius 1 is 1.38 bits per heavy atom. The monoisotopic (exact) mass is 188 g/mol. The number of hydrogen-bond acceptors (Lipinski definition) is 2. The molecule has 0 unspecified atom stereocenters. The van der Waals surface area contributed by atoms with Crippen LogP contribution in [0.5, 0.6) is 0 Å². The topological polar surface area (TPSA) is 87.2 Å². The largest absolute Gasteiger partial charge is 0.481 e. The maximum Gasteiger partial charge on any atom is 0.300 e. The predicted octanol–water partition coefficient (Wildman–Crippen LogP) is 1.98. The van der Waals surface area contributed by atoms with E-state index in [-0.39, 0.29) is 0 Å². The third kappa shape index (κ3) is 35.8. The third-order valence-electron chi connectivity index (χ3n) is 1.30. The second-order valence-corrected chi connectivity index (χ2v) is 2.85. The average molecular weight is 188 g/mol. The molecule has 78 valence electrons. The molecule has 0 aliphatic rings. The van der Waals surface area contributed by atoms with Crippen molar-refractivity contribution >= 4 is 11.8 Å². The zero-order valence-electron chi connectivity index (χ0n) is 8.47. The van der Waals surface area contributed by atoms with Gasteiger partial charge in [-0.2, -0.15) is 0 Å². The molecule has 0 atom stereocenters. The molecule has 0 aromatic rings. The lowest BCUT2D eigenvalue weighted by molar-refractivity contribution is -0.134. The molecule has 0 aliphatic heterocycles. The normalized spacial score (nSPS) is 8.46. The Labute approximate surface area is 79.6 Å². The Morgan fingerprint density at radius 3 is 2.15 bits per heavy atom. The van der Waals surface area contributed by atoms with Crippen LogP contribution in [-0.4, -0.2) is 16.9 Å². The van der Waals surface area contributed by atoms with Gasteiger partial charge in [0.25, 0.3) is 5.97 Å². The summed E-state index contributed by atoms with van der Waals surface area (Å²) in [7, 11) is 0. The summed E-state index contributed by atoms with van der Waals surface area (Å²) in [5.41, 5.74) is 5.16. The molecule has 0 heterocycles. The van der Waals surface area contributed by atoms with E-state index in [1.807, 2.05) is 0 Å². The Bertz CT molecular complexity index is 143. The van der Waals surface area contributed by atoms with Crippen LogP contribution in [0, 0.1) is 5.41 Å². The zero-order chi connectivity index (χ0) is 10.7. The van der Waals surface area contributed by atoms with Gasteiger partial charge in [-0.15, -0.1) is 0 Å². The van der Waals surface area contributed by atoms with Gasteiger partial charge in [-0.05, 0) is 6.42 Å². The van der Waals surface area contributed by atoms with E-state index in [9.17, 15) is 0 Å². The van der Waals surface area contributed by atoms with Gasteiger partial charge in [-0.3, -0.25) is 10.2 Å². The number of hydrogen-bond donors (Lipinski definition) is 3. The van der Waals surface area contributed by atoms with Gasteiger partial charge in [0.15, 0.2) is 0 Å². The van der Waals surface area contributed by atoms with Gasteiger partial charge in [-0.25, -0.2) is 0 Å². The van der Waals surface area contributed by atoms with E-state index in [0.29, 0.717) is 5.84 Å². The molecule has 4 heteroatoms. The molecule has 0 rings (SSSR count). The van der Waals surface area contributed by atoms with Gasteiger partial charge in [-0.1, -0.05) is 26.2 Å². The molecule has 0 spiro atoms. The highest BCUT2D eigenvalue weighted by molar-refractivity contribution is 5.76. The maximum atomic E-state index is 9.00. The molecule has 0 bridgehead atoms. The first-order valence-corrected chi connectivity index (χ1v) is 4.53. The Kier molecular flexibility index (Phi) is 12.2. The molecule has 0 saturated heterocycles. The first kappa shape index (κ1) is 14.5. The van der Waals surface area contributed by atoms with Crippen molar-refractivity contribution in [3.05, 3.63) is 0 Å². The van der Waals surface area contributed by atoms with Crippen LogP contribution >= 0.6 is 0 Å². The summed E-state index contributed by atoms with van der Waals surface area (Å²) in [4.78, 5) is 9.00. The van der Waals surface area contributed by atoms with E-state index in [1.54, 1.807) is 0 Å². The van der Waals surface area contributed by atoms with E-state index in [1.165, 1.54) is 19.3 Å². The van der Waals surface area contributed by atoms with Crippen LogP contribution in [0.4, 0.5) is 0 Å². The fourth-order valence-corrected chi connectivity index (χ4v) is 0.742. The SMILES string of the molecule is CC(=O)O.CCCCCCC(=N)N. The lowest BCUT2D eigenvalue weighted by atomic mass is 10.1. The van der Waals surface area contributed by atoms with Crippen molar-refractivity contribution < 1.29 is 9.90 Å². The minimum Gasteiger partial charge on any atom is -0.481 e. The molecule has 0 saturated carbocycles. The minimum atomic E-state index is -0.833. The summed E-state index contributed by atoms with van der Waals surface area (Å²) >= 11 is 0. The molecule has 4 N–H and O–H groups in total. The van der Waals surface area contributed by atoms with Crippen molar-refractivity contribution in [2.75, 3.05) is 0 Å². The molecule has 0 aliphatic carbocycles. The standard InChI is InChI=1S/C7H16N2.C2H4O2/c1-2-3-4-5-6-7(8)9;1-2(3)4/h2-6H2,1H3,(H3,8,9);1H3,(H,3,4). The number of amidine groups is 1. The van der Waals surface area contributed by atoms with Gasteiger partial charge in [0, 0.05) is 13.3 Å². The van der Waals surface area contributed by atoms with E-state index in [0.717, 1.165) is 19.8 Å². The highest BCUT2D eigenvalue weighted by Gasteiger charge is 1.88. The Morgan fingerprint density at radius 2 is 1.85 bits per heavy atom. The molecule has 0 fully saturated rings. The first-order chi connectivity index (χ1) is 6.00. The third-order valence-corrected chi connectivity index (χ3v) is 1.30. The molecule has 0 aromatic heterocycles. The van der Waals surface area contributed by atoms with Crippen LogP contribution in [0.25, 0.3) is 0 Å². The van der Waals surface area contributed by atoms with Crippen molar-refractivity contribution in [2.24, 2.45) is 5.73 Å². The van der Waals surface area contributed by atoms with Crippen LogP contribution in [0.2, 0.25) is 0 Å². The maximum absolute atomic E-state index is 9.00. The number of carbonyl (C=O) groups is 1. The van der Waals surface area contributed by atoms with Gasteiger partial charge in [0.05, 0.1) is 5.84 Å². The molecule has 4 nitrogen and oxygen atoms in total. The second-order valence-electron chi connectivity index (χ2n) is 2.85. The van der Waals surface area contributed by atoms with Crippen molar-refractivity contribution in [3.8, 4) is 0 Å². The average Bonchev–Trinajstić information content (AvgIpc) is 1.97. The van der Waals surface area contributed by atoms with E-state index in [4.69, 9.17) is 21.0 Å². The molecule has 0 amide bonds. The summed E-state index contributed by atoms with van der Waals surface area (Å²) in [6, 6.07) is 0. The summed E-state index contributed by atoms with van der Waals surface area (Å²) in [5, 5.41) is 14.3. The number of unbranched alkanes of at least 4 members (excludes halogenated alkanes) is 3. The number of carboxylic acids is 1. The quantitative estimate of drug-likeness (QED) is 0.350. The fraction of sp³-hybridized carbons (Fsp3) is 0.778. The fourth-order valence-electron chi connectivity index (χ4n) is 0.742. The van der Waals surface area contributed by atoms with Crippen LogP contribution in [-0.2, 0) is 4.79 Å². The molecular formula is C9H20N2O2. The molecule has 0 aromatic carbocycles. The minimum absolute atomic E-state index is 0.325. The number of carboxylic acid groups (broad SMARTS) is 1. The first-order valence-electron chi connectivity index (χ1n) is 4.53. The highest BCUT2D eigenvalue weighted by Crippen LogP contribution is 2.00. The van der Waals surface area contributed by atoms with Crippen LogP contribution in [0.1, 0.15) is 46.0 Å². The molecule has 13 heavy (non-hydrogen) atoms. The van der Waals surface area contributed by atoms with Crippen molar-refractivity contribution in [3.63, 3.8) is 0 Å². The molecular weight excluding hydrogens is 168 g/mol. The Hall–Kier alpha value is -1.06. The lowest BCUT2D eigenvalue weighted by Gasteiger charge is -1.95. The number of nitrogens with one attached hydrogen (secondary N) is 1. The molecule has 0 radical (unpaired) electrons. The van der Waals surface area contributed by atoms with Gasteiger partial charge < -0.3 is 10.8 Å². The summed E-state index contributed by atoms with van der Waals surface area (Å²) in [5.74, 6) is -0.508. The van der Waals surface area contributed by atoms with E-state index in [2.05, 4.69) is 6.92 Å². The number of rotatable bonds is 5. The van der Waals surface area contributed by atoms with E-state index >= 15 is 0 Å². The Balaban J connectivity index is 0.